The van der Waals surface area contributed by atoms with E-state index in [9.17, 15) is 13.2 Å². The highest BCUT2D eigenvalue weighted by atomic mass is 35.5. The van der Waals surface area contributed by atoms with Crippen molar-refractivity contribution < 1.29 is 17.9 Å². The van der Waals surface area contributed by atoms with Gasteiger partial charge in [0.05, 0.1) is 35.2 Å². The molecule has 0 aliphatic rings. The number of benzene rings is 2. The minimum Gasteiger partial charge on any atom is -0.375 e. The van der Waals surface area contributed by atoms with Crippen LogP contribution in [0.15, 0.2) is 48.5 Å². The Balaban J connectivity index is 1.86. The zero-order valence-electron chi connectivity index (χ0n) is 14.7. The van der Waals surface area contributed by atoms with Crippen LogP contribution in [0.25, 0.3) is 0 Å². The van der Waals surface area contributed by atoms with Gasteiger partial charge in [-0.1, -0.05) is 53.5 Å². The Morgan fingerprint density at radius 1 is 1.11 bits per heavy atom. The molecule has 2 aromatic rings. The fraction of sp³-hybridized carbons (Fsp3) is 0.278. The Hall–Kier alpha value is -1.80. The van der Waals surface area contributed by atoms with Gasteiger partial charge in [-0.05, 0) is 23.8 Å². The summed E-state index contributed by atoms with van der Waals surface area (Å²) in [5, 5.41) is 3.14. The molecule has 0 aliphatic heterocycles. The Morgan fingerprint density at radius 2 is 1.81 bits per heavy atom. The van der Waals surface area contributed by atoms with Crippen LogP contribution in [-0.2, 0) is 26.2 Å². The third kappa shape index (κ3) is 7.03. The SMILES string of the molecule is CS(=O)(=O)N(CC(=O)NCCOCc1ccccc1)c1ccc(Cl)c(Cl)c1. The first-order valence-electron chi connectivity index (χ1n) is 8.08. The number of ether oxygens (including phenoxy) is 1. The maximum atomic E-state index is 12.1. The fourth-order valence-electron chi connectivity index (χ4n) is 2.25. The summed E-state index contributed by atoms with van der Waals surface area (Å²) in [4.78, 5) is 12.1. The van der Waals surface area contributed by atoms with E-state index in [2.05, 4.69) is 5.32 Å². The fourth-order valence-corrected chi connectivity index (χ4v) is 3.39. The summed E-state index contributed by atoms with van der Waals surface area (Å²) in [5.74, 6) is -0.449. The van der Waals surface area contributed by atoms with Crippen LogP contribution in [0.5, 0.6) is 0 Å². The topological polar surface area (TPSA) is 75.7 Å². The lowest BCUT2D eigenvalue weighted by Crippen LogP contribution is -2.41. The molecule has 0 spiro atoms. The van der Waals surface area contributed by atoms with E-state index in [1.807, 2.05) is 30.3 Å². The molecule has 0 aliphatic carbocycles. The molecule has 2 rings (SSSR count). The van der Waals surface area contributed by atoms with E-state index in [4.69, 9.17) is 27.9 Å². The molecule has 0 radical (unpaired) electrons. The lowest BCUT2D eigenvalue weighted by atomic mass is 10.2. The van der Waals surface area contributed by atoms with Gasteiger partial charge in [0, 0.05) is 6.54 Å². The number of rotatable bonds is 9. The minimum absolute atomic E-state index is 0.206. The van der Waals surface area contributed by atoms with Crippen molar-refractivity contribution in [3.8, 4) is 0 Å². The molecule has 6 nitrogen and oxygen atoms in total. The molecular weight excluding hydrogens is 411 g/mol. The van der Waals surface area contributed by atoms with Crippen LogP contribution in [0.1, 0.15) is 5.56 Å². The average Bonchev–Trinajstić information content (AvgIpc) is 2.62. The highest BCUT2D eigenvalue weighted by Gasteiger charge is 2.21. The average molecular weight is 431 g/mol. The maximum absolute atomic E-state index is 12.1. The summed E-state index contributed by atoms with van der Waals surface area (Å²) >= 11 is 11.8. The summed E-state index contributed by atoms with van der Waals surface area (Å²) in [5.41, 5.74) is 1.30. The summed E-state index contributed by atoms with van der Waals surface area (Å²) < 4.78 is 30.5. The number of carbonyl (C=O) groups is 1. The summed E-state index contributed by atoms with van der Waals surface area (Å²) in [7, 11) is -3.67. The smallest absolute Gasteiger partial charge is 0.240 e. The summed E-state index contributed by atoms with van der Waals surface area (Å²) in [6, 6.07) is 14.0. The predicted octanol–water partition coefficient (Wildman–Crippen LogP) is 3.09. The van der Waals surface area contributed by atoms with Crippen LogP contribution in [0, 0.1) is 0 Å². The molecule has 0 heterocycles. The molecule has 0 saturated carbocycles. The van der Waals surface area contributed by atoms with Crippen LogP contribution < -0.4 is 9.62 Å². The zero-order chi connectivity index (χ0) is 19.9. The second-order valence-electron chi connectivity index (χ2n) is 5.76. The van der Waals surface area contributed by atoms with Crippen molar-refractivity contribution in [1.29, 1.82) is 0 Å². The zero-order valence-corrected chi connectivity index (χ0v) is 17.0. The molecule has 27 heavy (non-hydrogen) atoms. The van der Waals surface area contributed by atoms with E-state index in [0.29, 0.717) is 18.2 Å². The normalized spacial score (nSPS) is 11.2. The number of anilines is 1. The van der Waals surface area contributed by atoms with Crippen molar-refractivity contribution in [3.63, 3.8) is 0 Å². The van der Waals surface area contributed by atoms with Crippen molar-refractivity contribution in [1.82, 2.24) is 5.32 Å². The highest BCUT2D eigenvalue weighted by Crippen LogP contribution is 2.28. The van der Waals surface area contributed by atoms with E-state index < -0.39 is 15.9 Å². The van der Waals surface area contributed by atoms with E-state index in [1.54, 1.807) is 0 Å². The van der Waals surface area contributed by atoms with Crippen LogP contribution in [0.3, 0.4) is 0 Å². The first-order valence-corrected chi connectivity index (χ1v) is 10.7. The molecule has 1 amide bonds. The van der Waals surface area contributed by atoms with Crippen LogP contribution >= 0.6 is 23.2 Å². The maximum Gasteiger partial charge on any atom is 0.240 e. The largest absolute Gasteiger partial charge is 0.375 e. The van der Waals surface area contributed by atoms with Crippen molar-refractivity contribution in [2.75, 3.05) is 30.3 Å². The van der Waals surface area contributed by atoms with Gasteiger partial charge in [0.2, 0.25) is 15.9 Å². The number of amides is 1. The molecule has 0 aromatic heterocycles. The Kier molecular flexibility index (Phi) is 7.91. The van der Waals surface area contributed by atoms with Crippen LogP contribution in [0.4, 0.5) is 5.69 Å². The molecular formula is C18H20Cl2N2O4S. The molecule has 0 atom stereocenters. The summed E-state index contributed by atoms with van der Waals surface area (Å²) in [6.45, 7) is 0.655. The van der Waals surface area contributed by atoms with E-state index in [-0.39, 0.29) is 23.8 Å². The van der Waals surface area contributed by atoms with E-state index >= 15 is 0 Å². The van der Waals surface area contributed by atoms with Gasteiger partial charge < -0.3 is 10.1 Å². The first kappa shape index (κ1) is 21.5. The molecule has 9 heteroatoms. The number of hydrogen-bond donors (Lipinski definition) is 1. The number of carbonyl (C=O) groups excluding carboxylic acids is 1. The molecule has 146 valence electrons. The highest BCUT2D eigenvalue weighted by molar-refractivity contribution is 7.92. The van der Waals surface area contributed by atoms with Gasteiger partial charge in [-0.2, -0.15) is 0 Å². The molecule has 0 unspecified atom stereocenters. The van der Waals surface area contributed by atoms with Crippen molar-refractivity contribution in [2.24, 2.45) is 0 Å². The number of sulfonamides is 1. The Bertz CT molecular complexity index is 876. The quantitative estimate of drug-likeness (QED) is 0.620. The molecule has 1 N–H and O–H groups in total. The van der Waals surface area contributed by atoms with Gasteiger partial charge in [-0.3, -0.25) is 9.10 Å². The molecule has 0 fully saturated rings. The van der Waals surface area contributed by atoms with Crippen LogP contribution in [0.2, 0.25) is 10.0 Å². The van der Waals surface area contributed by atoms with Gasteiger partial charge in [0.25, 0.3) is 0 Å². The van der Waals surface area contributed by atoms with Crippen molar-refractivity contribution >= 4 is 44.8 Å². The number of halogens is 2. The van der Waals surface area contributed by atoms with Gasteiger partial charge in [0.1, 0.15) is 6.54 Å². The second-order valence-corrected chi connectivity index (χ2v) is 8.48. The second kappa shape index (κ2) is 9.94. The first-order chi connectivity index (χ1) is 12.8. The third-order valence-electron chi connectivity index (χ3n) is 3.56. The monoisotopic (exact) mass is 430 g/mol. The third-order valence-corrected chi connectivity index (χ3v) is 5.44. The predicted molar refractivity (Wildman–Crippen MR) is 108 cm³/mol. The number of hydrogen-bond acceptors (Lipinski definition) is 4. The lowest BCUT2D eigenvalue weighted by molar-refractivity contribution is -0.119. The Morgan fingerprint density at radius 3 is 2.44 bits per heavy atom. The van der Waals surface area contributed by atoms with Gasteiger partial charge in [0.15, 0.2) is 0 Å². The van der Waals surface area contributed by atoms with Gasteiger partial charge in [-0.15, -0.1) is 0 Å². The molecule has 0 saturated heterocycles. The molecule has 2 aromatic carbocycles. The molecule has 0 bridgehead atoms. The van der Waals surface area contributed by atoms with Gasteiger partial charge in [-0.25, -0.2) is 8.42 Å². The Labute approximate surface area is 169 Å². The van der Waals surface area contributed by atoms with Crippen molar-refractivity contribution in [3.05, 3.63) is 64.1 Å². The van der Waals surface area contributed by atoms with Crippen molar-refractivity contribution in [2.45, 2.75) is 6.61 Å². The standard InChI is InChI=1S/C18H20Cl2N2O4S/c1-27(24,25)22(15-7-8-16(19)17(20)11-15)12-18(23)21-9-10-26-13-14-5-3-2-4-6-14/h2-8,11H,9-10,12-13H2,1H3,(H,21,23). The lowest BCUT2D eigenvalue weighted by Gasteiger charge is -2.22. The van der Waals surface area contributed by atoms with E-state index in [0.717, 1.165) is 16.1 Å². The van der Waals surface area contributed by atoms with E-state index in [1.165, 1.54) is 18.2 Å². The minimum atomic E-state index is -3.67. The van der Waals surface area contributed by atoms with Gasteiger partial charge >= 0.3 is 0 Å². The number of nitrogens with zero attached hydrogens (tertiary/aromatic N) is 1. The number of nitrogens with one attached hydrogen (secondary N) is 1. The van der Waals surface area contributed by atoms with Crippen LogP contribution in [-0.4, -0.2) is 40.3 Å². The summed E-state index contributed by atoms with van der Waals surface area (Å²) in [6.07, 6.45) is 1.02.